The van der Waals surface area contributed by atoms with Gasteiger partial charge in [0.1, 0.15) is 11.5 Å². The van der Waals surface area contributed by atoms with E-state index in [9.17, 15) is 4.39 Å². The number of aromatic nitrogens is 1. The van der Waals surface area contributed by atoms with E-state index in [1.807, 2.05) is 13.8 Å². The van der Waals surface area contributed by atoms with Crippen LogP contribution < -0.4 is 5.32 Å². The predicted molar refractivity (Wildman–Crippen MR) is 68.9 cm³/mol. The van der Waals surface area contributed by atoms with Gasteiger partial charge in [0.2, 0.25) is 0 Å². The summed E-state index contributed by atoms with van der Waals surface area (Å²) in [6, 6.07) is 4.85. The van der Waals surface area contributed by atoms with Gasteiger partial charge in [-0.3, -0.25) is 0 Å². The summed E-state index contributed by atoms with van der Waals surface area (Å²) in [7, 11) is 0. The molecule has 0 bridgehead atoms. The van der Waals surface area contributed by atoms with E-state index in [1.54, 1.807) is 12.1 Å². The maximum atomic E-state index is 13.8. The maximum Gasteiger partial charge on any atom is 0.181 e. The van der Waals surface area contributed by atoms with Crippen LogP contribution in [0.5, 0.6) is 0 Å². The summed E-state index contributed by atoms with van der Waals surface area (Å²) >= 11 is 6.01. The van der Waals surface area contributed by atoms with Gasteiger partial charge in [0.25, 0.3) is 0 Å². The first-order valence-corrected chi connectivity index (χ1v) is 6.07. The predicted octanol–water partition coefficient (Wildman–Crippen LogP) is 3.63. The molecule has 0 amide bonds. The van der Waals surface area contributed by atoms with Crippen molar-refractivity contribution in [2.45, 2.75) is 26.4 Å². The molecule has 0 saturated carbocycles. The monoisotopic (exact) mass is 268 g/mol. The largest absolute Gasteiger partial charge is 0.443 e. The van der Waals surface area contributed by atoms with Crippen LogP contribution in [0.25, 0.3) is 11.3 Å². The first-order valence-electron chi connectivity index (χ1n) is 5.69. The smallest absolute Gasteiger partial charge is 0.181 e. The van der Waals surface area contributed by atoms with Crippen LogP contribution in [0.15, 0.2) is 29.0 Å². The molecule has 1 heterocycles. The van der Waals surface area contributed by atoms with Gasteiger partial charge in [-0.05, 0) is 12.1 Å². The second-order valence-corrected chi connectivity index (χ2v) is 4.67. The lowest BCUT2D eigenvalue weighted by Crippen LogP contribution is -2.22. The fourth-order valence-corrected chi connectivity index (χ4v) is 1.86. The Morgan fingerprint density at radius 3 is 2.89 bits per heavy atom. The summed E-state index contributed by atoms with van der Waals surface area (Å²) in [5.41, 5.74) is 0.910. The second kappa shape index (κ2) is 5.50. The normalized spacial score (nSPS) is 11.2. The molecular formula is C13H14ClFN2O. The second-order valence-electron chi connectivity index (χ2n) is 4.26. The van der Waals surface area contributed by atoms with Crippen molar-refractivity contribution in [1.29, 1.82) is 0 Å². The van der Waals surface area contributed by atoms with E-state index < -0.39 is 5.82 Å². The third kappa shape index (κ3) is 2.71. The topological polar surface area (TPSA) is 38.1 Å². The lowest BCUT2D eigenvalue weighted by Gasteiger charge is -2.08. The number of halogens is 2. The Bertz CT molecular complexity index is 519. The highest BCUT2D eigenvalue weighted by molar-refractivity contribution is 6.33. The molecule has 1 aromatic carbocycles. The minimum absolute atomic E-state index is 0.261. The van der Waals surface area contributed by atoms with E-state index in [0.29, 0.717) is 29.1 Å². The van der Waals surface area contributed by atoms with E-state index >= 15 is 0 Å². The summed E-state index contributed by atoms with van der Waals surface area (Å²) < 4.78 is 19.1. The molecule has 0 fully saturated rings. The highest BCUT2D eigenvalue weighted by Crippen LogP contribution is 2.32. The molecule has 1 aromatic heterocycles. The zero-order valence-corrected chi connectivity index (χ0v) is 11.0. The Morgan fingerprint density at radius 2 is 2.22 bits per heavy atom. The average Bonchev–Trinajstić information content (AvgIpc) is 2.74. The molecule has 0 spiro atoms. The van der Waals surface area contributed by atoms with Gasteiger partial charge in [0, 0.05) is 12.6 Å². The van der Waals surface area contributed by atoms with Crippen LogP contribution in [0.1, 0.15) is 19.5 Å². The number of rotatable bonds is 4. The van der Waals surface area contributed by atoms with Gasteiger partial charge < -0.3 is 9.73 Å². The molecule has 5 heteroatoms. The zero-order valence-electron chi connectivity index (χ0n) is 10.2. The minimum atomic E-state index is -0.412. The van der Waals surface area contributed by atoms with Crippen LogP contribution in [-0.4, -0.2) is 11.0 Å². The molecule has 0 atom stereocenters. The van der Waals surface area contributed by atoms with Crippen molar-refractivity contribution in [2.75, 3.05) is 0 Å². The molecule has 96 valence electrons. The molecule has 2 aromatic rings. The van der Waals surface area contributed by atoms with E-state index in [2.05, 4.69) is 10.3 Å². The minimum Gasteiger partial charge on any atom is -0.443 e. The zero-order chi connectivity index (χ0) is 13.1. The van der Waals surface area contributed by atoms with Crippen molar-refractivity contribution >= 4 is 11.6 Å². The van der Waals surface area contributed by atoms with Crippen molar-refractivity contribution in [2.24, 2.45) is 0 Å². The summed E-state index contributed by atoms with van der Waals surface area (Å²) in [5.74, 6) is -0.0312. The molecule has 0 radical (unpaired) electrons. The lowest BCUT2D eigenvalue weighted by molar-refractivity contribution is 0.554. The Balaban J connectivity index is 2.36. The van der Waals surface area contributed by atoms with Crippen molar-refractivity contribution in [3.8, 4) is 11.3 Å². The van der Waals surface area contributed by atoms with Crippen molar-refractivity contribution < 1.29 is 8.81 Å². The van der Waals surface area contributed by atoms with Gasteiger partial charge in [0.05, 0.1) is 10.6 Å². The highest BCUT2D eigenvalue weighted by atomic mass is 35.5. The van der Waals surface area contributed by atoms with Gasteiger partial charge in [-0.1, -0.05) is 31.5 Å². The standard InChI is InChI=1S/C13H14ClFN2O/c1-8(2)16-6-11-13(18-7-17-11)12-9(14)4-3-5-10(12)15/h3-5,7-8,16H,6H2,1-2H3. The maximum absolute atomic E-state index is 13.8. The first kappa shape index (κ1) is 13.1. The molecule has 0 saturated heterocycles. The molecular weight excluding hydrogens is 255 g/mol. The Kier molecular flexibility index (Phi) is 3.99. The molecule has 2 rings (SSSR count). The van der Waals surface area contributed by atoms with Gasteiger partial charge in [-0.2, -0.15) is 0 Å². The number of hydrogen-bond donors (Lipinski definition) is 1. The lowest BCUT2D eigenvalue weighted by atomic mass is 10.1. The Labute approximate surface area is 110 Å². The van der Waals surface area contributed by atoms with Crippen molar-refractivity contribution in [1.82, 2.24) is 10.3 Å². The number of nitrogens with one attached hydrogen (secondary N) is 1. The van der Waals surface area contributed by atoms with Crippen LogP contribution >= 0.6 is 11.6 Å². The van der Waals surface area contributed by atoms with Gasteiger partial charge in [0.15, 0.2) is 12.2 Å². The van der Waals surface area contributed by atoms with Crippen LogP contribution in [-0.2, 0) is 6.54 Å². The number of oxazole rings is 1. The number of hydrogen-bond acceptors (Lipinski definition) is 3. The SMILES string of the molecule is CC(C)NCc1ncoc1-c1c(F)cccc1Cl. The third-order valence-electron chi connectivity index (χ3n) is 2.51. The molecule has 0 unspecified atom stereocenters. The first-order chi connectivity index (χ1) is 8.59. The summed E-state index contributed by atoms with van der Waals surface area (Å²) in [4.78, 5) is 4.09. The van der Waals surface area contributed by atoms with E-state index in [4.69, 9.17) is 16.0 Å². The number of nitrogens with zero attached hydrogens (tertiary/aromatic N) is 1. The van der Waals surface area contributed by atoms with Crippen LogP contribution in [0.4, 0.5) is 4.39 Å². The van der Waals surface area contributed by atoms with E-state index in [1.165, 1.54) is 12.5 Å². The molecule has 0 aliphatic carbocycles. The summed E-state index contributed by atoms with van der Waals surface area (Å²) in [5, 5.41) is 3.53. The third-order valence-corrected chi connectivity index (χ3v) is 2.82. The van der Waals surface area contributed by atoms with Crippen LogP contribution in [0.3, 0.4) is 0 Å². The summed E-state index contributed by atoms with van der Waals surface area (Å²) in [6.45, 7) is 4.56. The summed E-state index contributed by atoms with van der Waals surface area (Å²) in [6.07, 6.45) is 1.30. The van der Waals surface area contributed by atoms with E-state index in [0.717, 1.165) is 0 Å². The Hall–Kier alpha value is -1.39. The van der Waals surface area contributed by atoms with Crippen molar-refractivity contribution in [3.05, 3.63) is 41.1 Å². The molecule has 0 aliphatic heterocycles. The highest BCUT2D eigenvalue weighted by Gasteiger charge is 2.17. The van der Waals surface area contributed by atoms with Gasteiger partial charge in [-0.15, -0.1) is 0 Å². The fraction of sp³-hybridized carbons (Fsp3) is 0.308. The molecule has 0 aliphatic rings. The quantitative estimate of drug-likeness (QED) is 0.920. The van der Waals surface area contributed by atoms with Crippen LogP contribution in [0, 0.1) is 5.82 Å². The van der Waals surface area contributed by atoms with Crippen LogP contribution in [0.2, 0.25) is 5.02 Å². The molecule has 1 N–H and O–H groups in total. The molecule has 18 heavy (non-hydrogen) atoms. The van der Waals surface area contributed by atoms with Gasteiger partial charge >= 0.3 is 0 Å². The van der Waals surface area contributed by atoms with Crippen molar-refractivity contribution in [3.63, 3.8) is 0 Å². The van der Waals surface area contributed by atoms with E-state index in [-0.39, 0.29) is 5.56 Å². The average molecular weight is 269 g/mol. The Morgan fingerprint density at radius 1 is 1.44 bits per heavy atom. The molecule has 3 nitrogen and oxygen atoms in total. The van der Waals surface area contributed by atoms with Gasteiger partial charge in [-0.25, -0.2) is 9.37 Å². The number of benzene rings is 1. The fourth-order valence-electron chi connectivity index (χ4n) is 1.61.